The summed E-state index contributed by atoms with van der Waals surface area (Å²) in [6, 6.07) is 2.81. The molecule has 118 valence electrons. The minimum atomic E-state index is 0.327. The molecule has 1 aromatic heterocycles. The van der Waals surface area contributed by atoms with E-state index >= 15 is 0 Å². The van der Waals surface area contributed by atoms with Crippen LogP contribution in [0.15, 0.2) is 12.3 Å². The van der Waals surface area contributed by atoms with Gasteiger partial charge >= 0.3 is 0 Å². The van der Waals surface area contributed by atoms with Crippen LogP contribution in [0.5, 0.6) is 0 Å². The molecule has 2 aliphatic rings. The molecule has 0 amide bonds. The van der Waals surface area contributed by atoms with E-state index < -0.39 is 0 Å². The van der Waals surface area contributed by atoms with Gasteiger partial charge in [-0.05, 0) is 37.2 Å². The predicted molar refractivity (Wildman–Crippen MR) is 87.7 cm³/mol. The zero-order valence-corrected chi connectivity index (χ0v) is 13.7. The summed E-state index contributed by atoms with van der Waals surface area (Å²) in [7, 11) is 0. The first-order valence-corrected chi connectivity index (χ1v) is 9.16. The molecule has 0 unspecified atom stereocenters. The van der Waals surface area contributed by atoms with Gasteiger partial charge in [-0.2, -0.15) is 5.10 Å². The Hall–Kier alpha value is -0.540. The Morgan fingerprint density at radius 3 is 2.67 bits per heavy atom. The summed E-state index contributed by atoms with van der Waals surface area (Å²) in [6.45, 7) is 1.91. The van der Waals surface area contributed by atoms with E-state index in [1.54, 1.807) is 0 Å². The van der Waals surface area contributed by atoms with Crippen molar-refractivity contribution in [1.29, 1.82) is 0 Å². The van der Waals surface area contributed by atoms with Crippen molar-refractivity contribution in [3.05, 3.63) is 18.0 Å². The molecule has 0 saturated heterocycles. The highest BCUT2D eigenvalue weighted by Crippen LogP contribution is 2.36. The Bertz CT molecular complexity index is 431. The average Bonchev–Trinajstić information content (AvgIpc) is 3.19. The highest BCUT2D eigenvalue weighted by Gasteiger charge is 2.30. The monoisotopic (exact) mass is 309 g/mol. The zero-order valence-electron chi connectivity index (χ0n) is 13.0. The van der Waals surface area contributed by atoms with Gasteiger partial charge in [0.05, 0.1) is 11.7 Å². The van der Waals surface area contributed by atoms with Crippen LogP contribution in [0.2, 0.25) is 0 Å². The van der Waals surface area contributed by atoms with Gasteiger partial charge in [0.15, 0.2) is 0 Å². The molecule has 0 aromatic carbocycles. The van der Waals surface area contributed by atoms with Crippen LogP contribution in [-0.2, 0) is 6.54 Å². The first-order valence-electron chi connectivity index (χ1n) is 8.62. The smallest absolute Gasteiger partial charge is 0.0762 e. The molecule has 1 aromatic rings. The number of halogens is 1. The van der Waals surface area contributed by atoms with E-state index in [2.05, 4.69) is 22.3 Å². The highest BCUT2D eigenvalue weighted by molar-refractivity contribution is 6.18. The van der Waals surface area contributed by atoms with Crippen molar-refractivity contribution in [3.8, 4) is 0 Å². The van der Waals surface area contributed by atoms with Gasteiger partial charge in [0.2, 0.25) is 0 Å². The lowest BCUT2D eigenvalue weighted by Gasteiger charge is -2.35. The lowest BCUT2D eigenvalue weighted by molar-refractivity contribution is 0.211. The molecule has 0 atom stereocenters. The Morgan fingerprint density at radius 1 is 1.19 bits per heavy atom. The number of hydrogen-bond donors (Lipinski definition) is 1. The molecule has 2 aliphatic carbocycles. The van der Waals surface area contributed by atoms with E-state index in [-0.39, 0.29) is 0 Å². The molecular weight excluding hydrogens is 282 g/mol. The quantitative estimate of drug-likeness (QED) is 0.795. The van der Waals surface area contributed by atoms with Crippen molar-refractivity contribution < 1.29 is 0 Å². The van der Waals surface area contributed by atoms with Crippen molar-refractivity contribution in [2.24, 2.45) is 5.41 Å². The molecule has 2 saturated carbocycles. The van der Waals surface area contributed by atoms with Crippen molar-refractivity contribution in [2.45, 2.75) is 70.4 Å². The molecule has 3 rings (SSSR count). The van der Waals surface area contributed by atoms with E-state index in [0.29, 0.717) is 11.5 Å². The van der Waals surface area contributed by atoms with Crippen molar-refractivity contribution in [2.75, 3.05) is 12.4 Å². The lowest BCUT2D eigenvalue weighted by Crippen LogP contribution is -2.37. The number of nitrogens with zero attached hydrogens (tertiary/aromatic N) is 2. The van der Waals surface area contributed by atoms with Crippen LogP contribution in [-0.4, -0.2) is 22.2 Å². The largest absolute Gasteiger partial charge is 0.311 e. The third-order valence-electron chi connectivity index (χ3n) is 5.37. The van der Waals surface area contributed by atoms with Gasteiger partial charge in [-0.25, -0.2) is 0 Å². The van der Waals surface area contributed by atoms with Gasteiger partial charge in [-0.1, -0.05) is 32.1 Å². The minimum Gasteiger partial charge on any atom is -0.311 e. The summed E-state index contributed by atoms with van der Waals surface area (Å²) in [6.07, 6.45) is 14.1. The fourth-order valence-corrected chi connectivity index (χ4v) is 4.32. The van der Waals surface area contributed by atoms with Crippen LogP contribution in [0, 0.1) is 5.41 Å². The van der Waals surface area contributed by atoms with Gasteiger partial charge in [-0.15, -0.1) is 11.6 Å². The van der Waals surface area contributed by atoms with Crippen LogP contribution < -0.4 is 5.32 Å². The second-order valence-corrected chi connectivity index (χ2v) is 7.29. The maximum absolute atomic E-state index is 6.25. The normalized spacial score (nSPS) is 22.7. The fourth-order valence-electron chi connectivity index (χ4n) is 3.96. The Labute approximate surface area is 133 Å². The number of rotatable bonds is 6. The molecule has 0 spiro atoms. The number of aromatic nitrogens is 2. The SMILES string of the molecule is ClCC1(CNCc2ccn(C3CCCC3)n2)CCCCC1. The van der Waals surface area contributed by atoms with Crippen LogP contribution in [0.4, 0.5) is 0 Å². The first-order chi connectivity index (χ1) is 10.3. The summed E-state index contributed by atoms with van der Waals surface area (Å²) >= 11 is 6.25. The number of nitrogens with one attached hydrogen (secondary N) is 1. The van der Waals surface area contributed by atoms with Crippen molar-refractivity contribution in [1.82, 2.24) is 15.1 Å². The maximum atomic E-state index is 6.25. The Kier molecular flexibility index (Phi) is 5.23. The average molecular weight is 310 g/mol. The van der Waals surface area contributed by atoms with Crippen LogP contribution >= 0.6 is 11.6 Å². The van der Waals surface area contributed by atoms with Gasteiger partial charge in [0, 0.05) is 25.2 Å². The molecule has 1 N–H and O–H groups in total. The van der Waals surface area contributed by atoms with E-state index in [0.717, 1.165) is 19.0 Å². The predicted octanol–water partition coefficient (Wildman–Crippen LogP) is 4.28. The summed E-state index contributed by atoms with van der Waals surface area (Å²) in [5.74, 6) is 0.788. The van der Waals surface area contributed by atoms with Gasteiger partial charge in [-0.3, -0.25) is 4.68 Å². The summed E-state index contributed by atoms with van der Waals surface area (Å²) in [5.41, 5.74) is 1.50. The van der Waals surface area contributed by atoms with Crippen molar-refractivity contribution in [3.63, 3.8) is 0 Å². The Balaban J connectivity index is 1.48. The highest BCUT2D eigenvalue weighted by atomic mass is 35.5. The fraction of sp³-hybridized carbons (Fsp3) is 0.824. The summed E-state index contributed by atoms with van der Waals surface area (Å²) in [5, 5.41) is 8.35. The molecule has 1 heterocycles. The standard InChI is InChI=1S/C17H28ClN3/c18-13-17(9-4-1-5-10-17)14-19-12-15-8-11-21(20-15)16-6-2-3-7-16/h8,11,16,19H,1-7,9-10,12-14H2. The first kappa shape index (κ1) is 15.4. The van der Waals surface area contributed by atoms with E-state index in [9.17, 15) is 0 Å². The third kappa shape index (κ3) is 3.81. The van der Waals surface area contributed by atoms with E-state index in [1.165, 1.54) is 63.5 Å². The topological polar surface area (TPSA) is 29.9 Å². The molecular formula is C17H28ClN3. The van der Waals surface area contributed by atoms with Gasteiger partial charge < -0.3 is 5.32 Å². The molecule has 2 fully saturated rings. The zero-order chi connectivity index (χ0) is 14.5. The molecule has 3 nitrogen and oxygen atoms in total. The van der Waals surface area contributed by atoms with Crippen molar-refractivity contribution >= 4 is 11.6 Å². The molecule has 0 radical (unpaired) electrons. The second kappa shape index (κ2) is 7.15. The minimum absolute atomic E-state index is 0.327. The van der Waals surface area contributed by atoms with Gasteiger partial charge in [0.1, 0.15) is 0 Å². The van der Waals surface area contributed by atoms with E-state index in [1.807, 2.05) is 0 Å². The van der Waals surface area contributed by atoms with Crippen LogP contribution in [0.3, 0.4) is 0 Å². The second-order valence-electron chi connectivity index (χ2n) is 7.02. The van der Waals surface area contributed by atoms with Crippen LogP contribution in [0.25, 0.3) is 0 Å². The van der Waals surface area contributed by atoms with Crippen LogP contribution in [0.1, 0.15) is 69.5 Å². The maximum Gasteiger partial charge on any atom is 0.0762 e. The third-order valence-corrected chi connectivity index (χ3v) is 5.93. The summed E-state index contributed by atoms with van der Waals surface area (Å²) < 4.78 is 2.18. The lowest BCUT2D eigenvalue weighted by atomic mass is 9.75. The number of alkyl halides is 1. The van der Waals surface area contributed by atoms with E-state index in [4.69, 9.17) is 16.7 Å². The Morgan fingerprint density at radius 2 is 1.95 bits per heavy atom. The molecule has 4 heteroatoms. The molecule has 21 heavy (non-hydrogen) atoms. The molecule has 0 aliphatic heterocycles. The molecule has 0 bridgehead atoms. The summed E-state index contributed by atoms with van der Waals surface area (Å²) in [4.78, 5) is 0. The number of hydrogen-bond acceptors (Lipinski definition) is 2. The van der Waals surface area contributed by atoms with Gasteiger partial charge in [0.25, 0.3) is 0 Å².